The predicted octanol–water partition coefficient (Wildman–Crippen LogP) is -0.479. The van der Waals surface area contributed by atoms with Gasteiger partial charge in [0.2, 0.25) is 0 Å². The number of carbonyl (C=O) groups excluding carboxylic acids is 1. The molecule has 0 unspecified atom stereocenters. The minimum atomic E-state index is -0.207. The van der Waals surface area contributed by atoms with E-state index in [0.29, 0.717) is 13.0 Å². The van der Waals surface area contributed by atoms with Gasteiger partial charge in [0.25, 0.3) is 0 Å². The highest BCUT2D eigenvalue weighted by molar-refractivity contribution is 5.69. The highest BCUT2D eigenvalue weighted by atomic mass is 16.5. The van der Waals surface area contributed by atoms with E-state index in [9.17, 15) is 4.79 Å². The Kier molecular flexibility index (Phi) is 7.08. The molecule has 0 spiro atoms. The highest BCUT2D eigenvalue weighted by Crippen LogP contribution is 1.81. The third-order valence-corrected chi connectivity index (χ3v) is 1.25. The van der Waals surface area contributed by atoms with Crippen LogP contribution in [0.2, 0.25) is 0 Å². The molecule has 4 heteroatoms. The van der Waals surface area contributed by atoms with Gasteiger partial charge in [0.15, 0.2) is 0 Å². The summed E-state index contributed by atoms with van der Waals surface area (Å²) in [4.78, 5) is 10.5. The number of nitrogens with one attached hydrogen (secondary N) is 1. The van der Waals surface area contributed by atoms with Gasteiger partial charge in [-0.3, -0.25) is 4.79 Å². The number of hydrogen-bond acceptors (Lipinski definition) is 4. The van der Waals surface area contributed by atoms with Gasteiger partial charge in [0.05, 0.1) is 13.5 Å². The maximum absolute atomic E-state index is 10.5. The maximum atomic E-state index is 10.5. The molecule has 4 nitrogen and oxygen atoms in total. The lowest BCUT2D eigenvalue weighted by Gasteiger charge is -2.01. The number of rotatable bonds is 6. The summed E-state index contributed by atoms with van der Waals surface area (Å²) < 4.78 is 4.43. The molecule has 0 aromatic heterocycles. The van der Waals surface area contributed by atoms with Crippen LogP contribution in [0.15, 0.2) is 0 Å². The molecule has 0 atom stereocenters. The summed E-state index contributed by atoms with van der Waals surface area (Å²) in [5.41, 5.74) is 0. The number of aliphatic hydroxyl groups excluding tert-OH is 1. The molecule has 0 aromatic carbocycles. The van der Waals surface area contributed by atoms with Gasteiger partial charge in [-0.25, -0.2) is 0 Å². The first-order valence-corrected chi connectivity index (χ1v) is 3.69. The maximum Gasteiger partial charge on any atom is 0.306 e. The van der Waals surface area contributed by atoms with Crippen molar-refractivity contribution in [2.45, 2.75) is 12.8 Å². The standard InChI is InChI=1S/C7H15NO3/c1-11-7(10)3-5-8-4-2-6-9/h8-9H,2-6H2,1H3. The molecule has 66 valence electrons. The first-order chi connectivity index (χ1) is 5.31. The Morgan fingerprint density at radius 3 is 2.82 bits per heavy atom. The summed E-state index contributed by atoms with van der Waals surface area (Å²) >= 11 is 0. The van der Waals surface area contributed by atoms with E-state index < -0.39 is 0 Å². The van der Waals surface area contributed by atoms with E-state index in [0.717, 1.165) is 13.0 Å². The molecule has 0 aromatic rings. The fraction of sp³-hybridized carbons (Fsp3) is 0.857. The molecular weight excluding hydrogens is 146 g/mol. The molecular formula is C7H15NO3. The van der Waals surface area contributed by atoms with Crippen LogP contribution in [0.1, 0.15) is 12.8 Å². The van der Waals surface area contributed by atoms with Crippen LogP contribution < -0.4 is 5.32 Å². The molecule has 0 rings (SSSR count). The van der Waals surface area contributed by atoms with Crippen LogP contribution in [0.25, 0.3) is 0 Å². The Bertz CT molecular complexity index is 106. The van der Waals surface area contributed by atoms with Crippen molar-refractivity contribution in [1.82, 2.24) is 5.32 Å². The number of ether oxygens (including phenoxy) is 1. The average Bonchev–Trinajstić information content (AvgIpc) is 2.04. The van der Waals surface area contributed by atoms with E-state index in [2.05, 4.69) is 10.1 Å². The van der Waals surface area contributed by atoms with E-state index >= 15 is 0 Å². The number of esters is 1. The zero-order valence-electron chi connectivity index (χ0n) is 6.80. The lowest BCUT2D eigenvalue weighted by Crippen LogP contribution is -2.20. The second-order valence-electron chi connectivity index (χ2n) is 2.15. The molecule has 0 bridgehead atoms. The summed E-state index contributed by atoms with van der Waals surface area (Å²) in [6, 6.07) is 0. The van der Waals surface area contributed by atoms with Crippen molar-refractivity contribution in [3.8, 4) is 0 Å². The van der Waals surface area contributed by atoms with Gasteiger partial charge >= 0.3 is 5.97 Å². The minimum Gasteiger partial charge on any atom is -0.469 e. The molecule has 0 saturated carbocycles. The largest absolute Gasteiger partial charge is 0.469 e. The van der Waals surface area contributed by atoms with E-state index in [1.54, 1.807) is 0 Å². The SMILES string of the molecule is COC(=O)CCNCCCO. The molecule has 2 N–H and O–H groups in total. The van der Waals surface area contributed by atoms with Crippen molar-refractivity contribution in [3.63, 3.8) is 0 Å². The van der Waals surface area contributed by atoms with Crippen molar-refractivity contribution >= 4 is 5.97 Å². The second kappa shape index (κ2) is 7.50. The van der Waals surface area contributed by atoms with Crippen LogP contribution in [0.5, 0.6) is 0 Å². The normalized spacial score (nSPS) is 9.64. The van der Waals surface area contributed by atoms with Gasteiger partial charge in [0.1, 0.15) is 0 Å². The quantitative estimate of drug-likeness (QED) is 0.408. The van der Waals surface area contributed by atoms with Crippen molar-refractivity contribution < 1.29 is 14.6 Å². The van der Waals surface area contributed by atoms with Gasteiger partial charge < -0.3 is 15.2 Å². The third kappa shape index (κ3) is 7.29. The predicted molar refractivity (Wildman–Crippen MR) is 41.2 cm³/mol. The van der Waals surface area contributed by atoms with Crippen LogP contribution >= 0.6 is 0 Å². The summed E-state index contributed by atoms with van der Waals surface area (Å²) in [5.74, 6) is -0.207. The monoisotopic (exact) mass is 161 g/mol. The van der Waals surface area contributed by atoms with E-state index in [1.165, 1.54) is 7.11 Å². The van der Waals surface area contributed by atoms with Gasteiger partial charge in [-0.05, 0) is 13.0 Å². The Labute approximate surface area is 66.5 Å². The average molecular weight is 161 g/mol. The van der Waals surface area contributed by atoms with Crippen LogP contribution in [0.3, 0.4) is 0 Å². The van der Waals surface area contributed by atoms with Crippen molar-refractivity contribution in [2.75, 3.05) is 26.8 Å². The molecule has 0 fully saturated rings. The Morgan fingerprint density at radius 2 is 2.27 bits per heavy atom. The third-order valence-electron chi connectivity index (χ3n) is 1.25. The lowest BCUT2D eigenvalue weighted by atomic mass is 10.4. The van der Waals surface area contributed by atoms with Crippen molar-refractivity contribution in [1.29, 1.82) is 0 Å². The molecule has 0 aliphatic carbocycles. The van der Waals surface area contributed by atoms with Gasteiger partial charge in [0, 0.05) is 13.2 Å². The lowest BCUT2D eigenvalue weighted by molar-refractivity contribution is -0.140. The number of carbonyl (C=O) groups is 1. The summed E-state index contributed by atoms with van der Waals surface area (Å²) in [5, 5.41) is 11.4. The van der Waals surface area contributed by atoms with E-state index in [1.807, 2.05) is 0 Å². The number of aliphatic hydroxyl groups is 1. The van der Waals surface area contributed by atoms with Crippen LogP contribution in [0, 0.1) is 0 Å². The Hall–Kier alpha value is -0.610. The van der Waals surface area contributed by atoms with Gasteiger partial charge in [-0.1, -0.05) is 0 Å². The highest BCUT2D eigenvalue weighted by Gasteiger charge is 1.97. The van der Waals surface area contributed by atoms with Gasteiger partial charge in [-0.2, -0.15) is 0 Å². The number of hydrogen-bond donors (Lipinski definition) is 2. The van der Waals surface area contributed by atoms with Crippen LogP contribution in [-0.2, 0) is 9.53 Å². The van der Waals surface area contributed by atoms with Crippen LogP contribution in [0.4, 0.5) is 0 Å². The fourth-order valence-electron chi connectivity index (χ4n) is 0.622. The van der Waals surface area contributed by atoms with E-state index in [-0.39, 0.29) is 12.6 Å². The van der Waals surface area contributed by atoms with Gasteiger partial charge in [-0.15, -0.1) is 0 Å². The molecule has 0 amide bonds. The first kappa shape index (κ1) is 10.4. The molecule has 0 radical (unpaired) electrons. The smallest absolute Gasteiger partial charge is 0.306 e. The summed E-state index contributed by atoms with van der Waals surface area (Å²) in [6.45, 7) is 1.55. The van der Waals surface area contributed by atoms with E-state index in [4.69, 9.17) is 5.11 Å². The zero-order valence-corrected chi connectivity index (χ0v) is 6.80. The molecule has 0 aliphatic heterocycles. The van der Waals surface area contributed by atoms with Crippen molar-refractivity contribution in [2.24, 2.45) is 0 Å². The topological polar surface area (TPSA) is 58.6 Å². The summed E-state index contributed by atoms with van der Waals surface area (Å²) in [6.07, 6.45) is 1.11. The molecule has 0 saturated heterocycles. The first-order valence-electron chi connectivity index (χ1n) is 3.69. The Morgan fingerprint density at radius 1 is 1.55 bits per heavy atom. The van der Waals surface area contributed by atoms with Crippen LogP contribution in [-0.4, -0.2) is 37.9 Å². The summed E-state index contributed by atoms with van der Waals surface area (Å²) in [7, 11) is 1.37. The Balaban J connectivity index is 2.95. The second-order valence-corrected chi connectivity index (χ2v) is 2.15. The molecule has 0 aliphatic rings. The number of methoxy groups -OCH3 is 1. The molecule has 0 heterocycles. The van der Waals surface area contributed by atoms with Crippen molar-refractivity contribution in [3.05, 3.63) is 0 Å². The minimum absolute atomic E-state index is 0.186. The zero-order chi connectivity index (χ0) is 8.53. The fourth-order valence-corrected chi connectivity index (χ4v) is 0.622. The molecule has 11 heavy (non-hydrogen) atoms.